The molecule has 1 aromatic heterocycles. The number of ether oxygens (including phenoxy) is 1. The lowest BCUT2D eigenvalue weighted by Crippen LogP contribution is -2.21. The number of nitrogens with zero attached hydrogens (tertiary/aromatic N) is 1. The minimum atomic E-state index is -0.527. The predicted octanol–water partition coefficient (Wildman–Crippen LogP) is 2.67. The van der Waals surface area contributed by atoms with E-state index in [2.05, 4.69) is 5.32 Å². The highest BCUT2D eigenvalue weighted by molar-refractivity contribution is 7.18. The Hall–Kier alpha value is -1.89. The monoisotopic (exact) mass is 326 g/mol. The summed E-state index contributed by atoms with van der Waals surface area (Å²) in [4.78, 5) is 38.0. The van der Waals surface area contributed by atoms with Crippen LogP contribution in [-0.2, 0) is 9.53 Å². The van der Waals surface area contributed by atoms with Gasteiger partial charge in [0.05, 0.1) is 17.0 Å². The Labute approximate surface area is 134 Å². The molecule has 0 aliphatic rings. The molecule has 0 aromatic carbocycles. The van der Waals surface area contributed by atoms with E-state index in [-0.39, 0.29) is 24.0 Å². The van der Waals surface area contributed by atoms with E-state index in [4.69, 9.17) is 4.74 Å². The second kappa shape index (κ2) is 7.93. The third-order valence-electron chi connectivity index (χ3n) is 2.96. The van der Waals surface area contributed by atoms with Gasteiger partial charge in [0, 0.05) is 20.5 Å². The van der Waals surface area contributed by atoms with Crippen LogP contribution < -0.4 is 5.32 Å². The van der Waals surface area contributed by atoms with Crippen molar-refractivity contribution in [3.05, 3.63) is 16.0 Å². The molecule has 1 heterocycles. The van der Waals surface area contributed by atoms with E-state index in [9.17, 15) is 14.4 Å². The Kier molecular flexibility index (Phi) is 6.55. The molecule has 1 aromatic rings. The largest absolute Gasteiger partial charge is 0.462 e. The zero-order chi connectivity index (χ0) is 16.9. The quantitative estimate of drug-likeness (QED) is 0.816. The summed E-state index contributed by atoms with van der Waals surface area (Å²) in [6, 6.07) is 0. The number of carbonyl (C=O) groups excluding carboxylic acids is 3. The van der Waals surface area contributed by atoms with E-state index in [1.54, 1.807) is 27.9 Å². The molecule has 122 valence electrons. The molecule has 0 aliphatic carbocycles. The van der Waals surface area contributed by atoms with Crippen LogP contribution in [0, 0.1) is 6.92 Å². The SMILES string of the molecule is CCCC(=O)Nc1sc(C(=O)N(C)C)c(C)c1C(=O)OCC. The predicted molar refractivity (Wildman–Crippen MR) is 86.6 cm³/mol. The molecule has 0 fully saturated rings. The topological polar surface area (TPSA) is 75.7 Å². The number of carbonyl (C=O) groups is 3. The van der Waals surface area contributed by atoms with Crippen molar-refractivity contribution < 1.29 is 19.1 Å². The van der Waals surface area contributed by atoms with Crippen molar-refractivity contribution in [3.63, 3.8) is 0 Å². The molecular weight excluding hydrogens is 304 g/mol. The molecule has 22 heavy (non-hydrogen) atoms. The summed E-state index contributed by atoms with van der Waals surface area (Å²) in [6.07, 6.45) is 1.06. The third-order valence-corrected chi connectivity index (χ3v) is 4.15. The van der Waals surface area contributed by atoms with Gasteiger partial charge in [-0.2, -0.15) is 0 Å². The first-order valence-corrected chi connectivity index (χ1v) is 7.97. The standard InChI is InChI=1S/C15H22N2O4S/c1-6-8-10(18)16-13-11(15(20)21-7-2)9(3)12(22-13)14(19)17(4)5/h6-8H2,1-5H3,(H,16,18). The van der Waals surface area contributed by atoms with Crippen LogP contribution in [0.25, 0.3) is 0 Å². The maximum Gasteiger partial charge on any atom is 0.341 e. The number of amides is 2. The van der Waals surface area contributed by atoms with Crippen LogP contribution in [0.2, 0.25) is 0 Å². The van der Waals surface area contributed by atoms with E-state index >= 15 is 0 Å². The van der Waals surface area contributed by atoms with Gasteiger partial charge in [0.25, 0.3) is 5.91 Å². The Bertz CT molecular complexity index is 578. The zero-order valence-corrected chi connectivity index (χ0v) is 14.4. The molecule has 0 bridgehead atoms. The molecule has 2 amide bonds. The first kappa shape index (κ1) is 18.2. The second-order valence-electron chi connectivity index (χ2n) is 4.98. The van der Waals surface area contributed by atoms with Crippen molar-refractivity contribution in [3.8, 4) is 0 Å². The zero-order valence-electron chi connectivity index (χ0n) is 13.6. The van der Waals surface area contributed by atoms with Gasteiger partial charge in [0.15, 0.2) is 0 Å². The summed E-state index contributed by atoms with van der Waals surface area (Å²) in [5.74, 6) is -0.914. The number of rotatable bonds is 6. The van der Waals surface area contributed by atoms with Crippen LogP contribution in [0.3, 0.4) is 0 Å². The second-order valence-corrected chi connectivity index (χ2v) is 6.00. The lowest BCUT2D eigenvalue weighted by molar-refractivity contribution is -0.116. The van der Waals surface area contributed by atoms with Crippen molar-refractivity contribution in [2.45, 2.75) is 33.6 Å². The van der Waals surface area contributed by atoms with Gasteiger partial charge in [-0.25, -0.2) is 4.79 Å². The maximum atomic E-state index is 12.2. The first-order valence-electron chi connectivity index (χ1n) is 7.15. The Morgan fingerprint density at radius 1 is 1.23 bits per heavy atom. The van der Waals surface area contributed by atoms with Gasteiger partial charge >= 0.3 is 5.97 Å². The van der Waals surface area contributed by atoms with Gasteiger partial charge in [0.2, 0.25) is 5.91 Å². The molecule has 0 aliphatic heterocycles. The van der Waals surface area contributed by atoms with E-state index in [0.717, 1.165) is 11.3 Å². The van der Waals surface area contributed by atoms with Gasteiger partial charge in [-0.1, -0.05) is 6.92 Å². The van der Waals surface area contributed by atoms with Crippen molar-refractivity contribution in [2.75, 3.05) is 26.0 Å². The number of anilines is 1. The Morgan fingerprint density at radius 3 is 2.36 bits per heavy atom. The summed E-state index contributed by atoms with van der Waals surface area (Å²) < 4.78 is 5.04. The van der Waals surface area contributed by atoms with Crippen LogP contribution in [0.15, 0.2) is 0 Å². The summed E-state index contributed by atoms with van der Waals surface area (Å²) in [7, 11) is 3.28. The normalized spacial score (nSPS) is 10.2. The summed E-state index contributed by atoms with van der Waals surface area (Å²) in [6.45, 7) is 5.52. The van der Waals surface area contributed by atoms with E-state index in [1.807, 2.05) is 6.92 Å². The average Bonchev–Trinajstić information content (AvgIpc) is 2.74. The van der Waals surface area contributed by atoms with E-state index in [0.29, 0.717) is 28.3 Å². The highest BCUT2D eigenvalue weighted by atomic mass is 32.1. The molecule has 0 spiro atoms. The van der Waals surface area contributed by atoms with E-state index < -0.39 is 5.97 Å². The molecule has 6 nitrogen and oxygen atoms in total. The molecule has 0 saturated carbocycles. The summed E-state index contributed by atoms with van der Waals surface area (Å²) >= 11 is 1.11. The molecule has 0 atom stereocenters. The summed E-state index contributed by atoms with van der Waals surface area (Å²) in [5.41, 5.74) is 0.801. The Balaban J connectivity index is 3.27. The van der Waals surface area contributed by atoms with Gasteiger partial charge in [0.1, 0.15) is 5.00 Å². The lowest BCUT2D eigenvalue weighted by atomic mass is 10.1. The van der Waals surface area contributed by atoms with Crippen molar-refractivity contribution in [2.24, 2.45) is 0 Å². The van der Waals surface area contributed by atoms with Crippen molar-refractivity contribution in [1.82, 2.24) is 4.90 Å². The van der Waals surface area contributed by atoms with Gasteiger partial charge in [-0.3, -0.25) is 9.59 Å². The number of thiophene rings is 1. The number of nitrogens with one attached hydrogen (secondary N) is 1. The first-order chi connectivity index (χ1) is 10.3. The maximum absolute atomic E-state index is 12.2. The molecule has 0 unspecified atom stereocenters. The van der Waals surface area contributed by atoms with Crippen LogP contribution in [0.1, 0.15) is 52.3 Å². The van der Waals surface area contributed by atoms with Crippen molar-refractivity contribution >= 4 is 34.1 Å². The van der Waals surface area contributed by atoms with Crippen LogP contribution >= 0.6 is 11.3 Å². The highest BCUT2D eigenvalue weighted by Crippen LogP contribution is 2.34. The van der Waals surface area contributed by atoms with Crippen LogP contribution in [-0.4, -0.2) is 43.4 Å². The molecule has 7 heteroatoms. The number of esters is 1. The molecule has 1 N–H and O–H groups in total. The van der Waals surface area contributed by atoms with Gasteiger partial charge in [-0.05, 0) is 25.8 Å². The fourth-order valence-electron chi connectivity index (χ4n) is 1.87. The third kappa shape index (κ3) is 4.07. The molecular formula is C15H22N2O4S. The average molecular weight is 326 g/mol. The molecule has 0 saturated heterocycles. The fraction of sp³-hybridized carbons (Fsp3) is 0.533. The van der Waals surface area contributed by atoms with Gasteiger partial charge < -0.3 is 15.0 Å². The van der Waals surface area contributed by atoms with Crippen LogP contribution in [0.4, 0.5) is 5.00 Å². The molecule has 1 rings (SSSR count). The minimum Gasteiger partial charge on any atom is -0.462 e. The summed E-state index contributed by atoms with van der Waals surface area (Å²) in [5, 5.41) is 3.09. The minimum absolute atomic E-state index is 0.182. The Morgan fingerprint density at radius 2 is 1.86 bits per heavy atom. The number of hydrogen-bond acceptors (Lipinski definition) is 5. The number of hydrogen-bond donors (Lipinski definition) is 1. The van der Waals surface area contributed by atoms with Gasteiger partial charge in [-0.15, -0.1) is 11.3 Å². The highest BCUT2D eigenvalue weighted by Gasteiger charge is 2.27. The van der Waals surface area contributed by atoms with Crippen LogP contribution in [0.5, 0.6) is 0 Å². The smallest absolute Gasteiger partial charge is 0.341 e. The van der Waals surface area contributed by atoms with Crippen molar-refractivity contribution in [1.29, 1.82) is 0 Å². The lowest BCUT2D eigenvalue weighted by Gasteiger charge is -2.09. The fourth-order valence-corrected chi connectivity index (χ4v) is 3.11. The molecule has 0 radical (unpaired) electrons. The van der Waals surface area contributed by atoms with E-state index in [1.165, 1.54) is 4.90 Å².